The molecule has 0 aliphatic rings. The Morgan fingerprint density at radius 1 is 1.33 bits per heavy atom. The van der Waals surface area contributed by atoms with E-state index in [0.717, 1.165) is 11.4 Å². The van der Waals surface area contributed by atoms with Crippen LogP contribution in [0.4, 0.5) is 0 Å². The van der Waals surface area contributed by atoms with Crippen molar-refractivity contribution in [3.05, 3.63) is 17.7 Å². The molecule has 0 radical (unpaired) electrons. The van der Waals surface area contributed by atoms with Gasteiger partial charge in [0.25, 0.3) is 0 Å². The van der Waals surface area contributed by atoms with Crippen LogP contribution >= 0.6 is 0 Å². The minimum absolute atomic E-state index is 0.330. The molecule has 86 valence electrons. The number of aliphatic hydroxyl groups excluding tert-OH is 3. The number of nitrogens with one attached hydrogen (secondary N) is 2. The Morgan fingerprint density at radius 2 is 1.93 bits per heavy atom. The number of aryl methyl sites for hydroxylation is 1. The summed E-state index contributed by atoms with van der Waals surface area (Å²) in [5, 5.41) is 30.1. The summed E-state index contributed by atoms with van der Waals surface area (Å²) in [6, 6.07) is 0. The number of rotatable bonds is 6. The molecule has 0 saturated heterocycles. The average molecular weight is 215 g/mol. The number of hydrogen-bond acceptors (Lipinski definition) is 5. The molecule has 1 heterocycles. The van der Waals surface area contributed by atoms with E-state index in [9.17, 15) is 0 Å². The number of aromatic nitrogens is 2. The highest BCUT2D eigenvalue weighted by atomic mass is 16.3. The zero-order chi connectivity index (χ0) is 11.3. The predicted octanol–water partition coefficient (Wildman–Crippen LogP) is -1.48. The van der Waals surface area contributed by atoms with Crippen molar-refractivity contribution < 1.29 is 15.3 Å². The van der Waals surface area contributed by atoms with Crippen LogP contribution in [-0.4, -0.2) is 50.6 Å². The molecule has 0 bridgehead atoms. The molecule has 5 N–H and O–H groups in total. The molecule has 0 aliphatic carbocycles. The summed E-state index contributed by atoms with van der Waals surface area (Å²) < 4.78 is 0. The molecule has 15 heavy (non-hydrogen) atoms. The van der Waals surface area contributed by atoms with Crippen molar-refractivity contribution in [3.63, 3.8) is 0 Å². The monoisotopic (exact) mass is 215 g/mol. The number of H-pyrrole nitrogens is 1. The lowest BCUT2D eigenvalue weighted by atomic mass is 10.0. The molecule has 1 aromatic rings. The fraction of sp³-hybridized carbons (Fsp3) is 0.667. The average Bonchev–Trinajstić information content (AvgIpc) is 2.67. The van der Waals surface area contributed by atoms with Crippen molar-refractivity contribution >= 4 is 0 Å². The molecule has 6 heteroatoms. The lowest BCUT2D eigenvalue weighted by Gasteiger charge is -2.28. The Bertz CT molecular complexity index is 288. The van der Waals surface area contributed by atoms with Gasteiger partial charge in [-0.25, -0.2) is 4.98 Å². The molecule has 0 spiro atoms. The molecule has 1 rings (SSSR count). The van der Waals surface area contributed by atoms with E-state index in [-0.39, 0.29) is 19.8 Å². The van der Waals surface area contributed by atoms with Gasteiger partial charge >= 0.3 is 0 Å². The highest BCUT2D eigenvalue weighted by Crippen LogP contribution is 2.05. The maximum absolute atomic E-state index is 9.06. The van der Waals surface area contributed by atoms with Gasteiger partial charge < -0.3 is 20.3 Å². The Hall–Kier alpha value is -0.950. The fourth-order valence-corrected chi connectivity index (χ4v) is 1.15. The summed E-state index contributed by atoms with van der Waals surface area (Å²) in [5.41, 5.74) is 0.672. The summed E-state index contributed by atoms with van der Waals surface area (Å²) >= 11 is 0. The summed E-state index contributed by atoms with van der Waals surface area (Å²) in [6.45, 7) is 1.27. The topological polar surface area (TPSA) is 101 Å². The standard InChI is InChI=1S/C9H17N3O3/c1-7-8(11-6-10-7)2-12-9(3-13,4-14)5-15/h6,12-15H,2-5H2,1H3,(H,10,11). The highest BCUT2D eigenvalue weighted by molar-refractivity contribution is 5.09. The Labute approximate surface area is 88.0 Å². The van der Waals surface area contributed by atoms with Gasteiger partial charge in [-0.15, -0.1) is 0 Å². The Balaban J connectivity index is 2.58. The molecule has 0 aliphatic heterocycles. The number of aromatic amines is 1. The first-order chi connectivity index (χ1) is 7.17. The lowest BCUT2D eigenvalue weighted by Crippen LogP contribution is -2.54. The van der Waals surface area contributed by atoms with Crippen LogP contribution in [0.2, 0.25) is 0 Å². The van der Waals surface area contributed by atoms with E-state index in [2.05, 4.69) is 15.3 Å². The maximum atomic E-state index is 9.06. The quantitative estimate of drug-likeness (QED) is 0.398. The van der Waals surface area contributed by atoms with Crippen molar-refractivity contribution in [2.75, 3.05) is 19.8 Å². The van der Waals surface area contributed by atoms with Gasteiger partial charge in [0.2, 0.25) is 0 Å². The van der Waals surface area contributed by atoms with Gasteiger partial charge in [-0.3, -0.25) is 5.32 Å². The molecule has 0 saturated carbocycles. The van der Waals surface area contributed by atoms with Gasteiger partial charge in [-0.2, -0.15) is 0 Å². The van der Waals surface area contributed by atoms with Gasteiger partial charge in [0.15, 0.2) is 0 Å². The van der Waals surface area contributed by atoms with E-state index in [1.807, 2.05) is 6.92 Å². The fourth-order valence-electron chi connectivity index (χ4n) is 1.15. The van der Waals surface area contributed by atoms with Crippen molar-refractivity contribution in [1.29, 1.82) is 0 Å². The molecular weight excluding hydrogens is 198 g/mol. The van der Waals surface area contributed by atoms with E-state index in [1.54, 1.807) is 6.33 Å². The minimum atomic E-state index is -1.05. The van der Waals surface area contributed by atoms with Crippen LogP contribution in [0.3, 0.4) is 0 Å². The number of imidazole rings is 1. The summed E-state index contributed by atoms with van der Waals surface area (Å²) in [7, 11) is 0. The zero-order valence-electron chi connectivity index (χ0n) is 8.69. The second-order valence-electron chi connectivity index (χ2n) is 3.58. The van der Waals surface area contributed by atoms with Crippen LogP contribution < -0.4 is 5.32 Å². The molecule has 0 unspecified atom stereocenters. The van der Waals surface area contributed by atoms with Crippen LogP contribution in [0.1, 0.15) is 11.4 Å². The zero-order valence-corrected chi connectivity index (χ0v) is 8.69. The largest absolute Gasteiger partial charge is 0.394 e. The Kier molecular flexibility index (Phi) is 4.22. The first-order valence-electron chi connectivity index (χ1n) is 4.74. The lowest BCUT2D eigenvalue weighted by molar-refractivity contribution is 0.0411. The SMILES string of the molecule is Cc1[nH]cnc1CNC(CO)(CO)CO. The maximum Gasteiger partial charge on any atom is 0.0925 e. The molecular formula is C9H17N3O3. The van der Waals surface area contributed by atoms with Gasteiger partial charge in [-0.1, -0.05) is 0 Å². The van der Waals surface area contributed by atoms with E-state index in [0.29, 0.717) is 6.54 Å². The van der Waals surface area contributed by atoms with Gasteiger partial charge in [0, 0.05) is 12.2 Å². The normalized spacial score (nSPS) is 12.0. The van der Waals surface area contributed by atoms with E-state index >= 15 is 0 Å². The molecule has 0 atom stereocenters. The minimum Gasteiger partial charge on any atom is -0.394 e. The van der Waals surface area contributed by atoms with Crippen molar-refractivity contribution in [3.8, 4) is 0 Å². The predicted molar refractivity (Wildman–Crippen MR) is 54.2 cm³/mol. The molecule has 0 aromatic carbocycles. The first-order valence-corrected chi connectivity index (χ1v) is 4.74. The molecule has 0 fully saturated rings. The second kappa shape index (κ2) is 5.22. The first kappa shape index (κ1) is 12.1. The smallest absolute Gasteiger partial charge is 0.0925 e. The van der Waals surface area contributed by atoms with Crippen molar-refractivity contribution in [2.45, 2.75) is 19.0 Å². The number of hydrogen-bond donors (Lipinski definition) is 5. The van der Waals surface area contributed by atoms with Gasteiger partial charge in [0.1, 0.15) is 0 Å². The molecule has 6 nitrogen and oxygen atoms in total. The van der Waals surface area contributed by atoms with Crippen molar-refractivity contribution in [1.82, 2.24) is 15.3 Å². The van der Waals surface area contributed by atoms with Crippen LogP contribution in [-0.2, 0) is 6.54 Å². The van der Waals surface area contributed by atoms with Crippen LogP contribution in [0.15, 0.2) is 6.33 Å². The summed E-state index contributed by atoms with van der Waals surface area (Å²) in [6.07, 6.45) is 1.57. The Morgan fingerprint density at radius 3 is 2.33 bits per heavy atom. The van der Waals surface area contributed by atoms with E-state index in [1.165, 1.54) is 0 Å². The van der Waals surface area contributed by atoms with Gasteiger partial charge in [-0.05, 0) is 6.92 Å². The van der Waals surface area contributed by atoms with Crippen LogP contribution in [0, 0.1) is 6.92 Å². The number of aliphatic hydroxyl groups is 3. The second-order valence-corrected chi connectivity index (χ2v) is 3.58. The third-order valence-electron chi connectivity index (χ3n) is 2.47. The van der Waals surface area contributed by atoms with E-state index < -0.39 is 5.54 Å². The summed E-state index contributed by atoms with van der Waals surface area (Å²) in [5.74, 6) is 0. The molecule has 0 amide bonds. The van der Waals surface area contributed by atoms with Gasteiger partial charge in [0.05, 0.1) is 37.4 Å². The summed E-state index contributed by atoms with van der Waals surface area (Å²) in [4.78, 5) is 6.98. The van der Waals surface area contributed by atoms with Crippen LogP contribution in [0.25, 0.3) is 0 Å². The molecule has 1 aromatic heterocycles. The third kappa shape index (κ3) is 2.75. The third-order valence-corrected chi connectivity index (χ3v) is 2.47. The van der Waals surface area contributed by atoms with Crippen LogP contribution in [0.5, 0.6) is 0 Å². The van der Waals surface area contributed by atoms with Crippen molar-refractivity contribution in [2.24, 2.45) is 0 Å². The number of nitrogens with zero attached hydrogens (tertiary/aromatic N) is 1. The highest BCUT2D eigenvalue weighted by Gasteiger charge is 2.27. The van der Waals surface area contributed by atoms with E-state index in [4.69, 9.17) is 15.3 Å².